The molecule has 0 bridgehead atoms. The molecule has 2 amide bonds. The fourth-order valence-electron chi connectivity index (χ4n) is 1.85. The van der Waals surface area contributed by atoms with Crippen LogP contribution >= 0.6 is 34.8 Å². The van der Waals surface area contributed by atoms with E-state index < -0.39 is 6.03 Å². The number of hydrogen-bond donors (Lipinski definition) is 2. The van der Waals surface area contributed by atoms with Gasteiger partial charge in [0.15, 0.2) is 5.75 Å². The third kappa shape index (κ3) is 6.12. The maximum atomic E-state index is 11.8. The van der Waals surface area contributed by atoms with Crippen molar-refractivity contribution in [3.8, 4) is 5.75 Å². The van der Waals surface area contributed by atoms with Crippen molar-refractivity contribution in [1.82, 2.24) is 5.43 Å². The number of amides is 2. The number of urea groups is 1. The van der Waals surface area contributed by atoms with E-state index in [0.29, 0.717) is 38.7 Å². The first-order valence-electron chi connectivity index (χ1n) is 7.47. The Balaban J connectivity index is 1.95. The highest BCUT2D eigenvalue weighted by atomic mass is 35.5. The number of ether oxygens (including phenoxy) is 1. The summed E-state index contributed by atoms with van der Waals surface area (Å²) in [5.41, 5.74) is 3.58. The minimum atomic E-state index is -0.487. The van der Waals surface area contributed by atoms with E-state index >= 15 is 0 Å². The second-order valence-electron chi connectivity index (χ2n) is 4.99. The minimum absolute atomic E-state index is 0.382. The van der Waals surface area contributed by atoms with E-state index in [9.17, 15) is 4.79 Å². The van der Waals surface area contributed by atoms with Gasteiger partial charge >= 0.3 is 6.03 Å². The van der Waals surface area contributed by atoms with E-state index in [1.165, 1.54) is 6.21 Å². The quantitative estimate of drug-likeness (QED) is 0.490. The number of carbonyl (C=O) groups is 1. The number of nitrogens with one attached hydrogen (secondary N) is 2. The zero-order chi connectivity index (χ0) is 18.2. The van der Waals surface area contributed by atoms with Gasteiger partial charge in [0.2, 0.25) is 0 Å². The first-order valence-corrected chi connectivity index (χ1v) is 8.60. The van der Waals surface area contributed by atoms with Gasteiger partial charge in [-0.2, -0.15) is 5.10 Å². The third-order valence-corrected chi connectivity index (χ3v) is 3.77. The van der Waals surface area contributed by atoms with Gasteiger partial charge in [-0.05, 0) is 48.4 Å². The highest BCUT2D eigenvalue weighted by molar-refractivity contribution is 6.37. The average molecular weight is 401 g/mol. The van der Waals surface area contributed by atoms with Gasteiger partial charge in [0, 0.05) is 10.7 Å². The Labute approximate surface area is 160 Å². The Morgan fingerprint density at radius 3 is 2.40 bits per heavy atom. The number of rotatable bonds is 6. The molecule has 2 rings (SSSR count). The van der Waals surface area contributed by atoms with Crippen molar-refractivity contribution in [3.63, 3.8) is 0 Å². The Bertz CT molecular complexity index is 741. The summed E-state index contributed by atoms with van der Waals surface area (Å²) in [4.78, 5) is 11.8. The van der Waals surface area contributed by atoms with Crippen LogP contribution in [0, 0.1) is 0 Å². The van der Waals surface area contributed by atoms with Gasteiger partial charge in [-0.15, -0.1) is 0 Å². The summed E-state index contributed by atoms with van der Waals surface area (Å²) < 4.78 is 5.49. The summed E-state index contributed by atoms with van der Waals surface area (Å²) in [5, 5.41) is 7.83. The van der Waals surface area contributed by atoms with Gasteiger partial charge in [0.1, 0.15) is 0 Å². The van der Waals surface area contributed by atoms with Crippen LogP contribution in [0.4, 0.5) is 10.5 Å². The number of nitrogens with zero attached hydrogens (tertiary/aromatic N) is 1. The smallest absolute Gasteiger partial charge is 0.339 e. The molecule has 0 saturated carbocycles. The molecular formula is C17H16Cl3N3O2. The lowest BCUT2D eigenvalue weighted by Crippen LogP contribution is -2.24. The lowest BCUT2D eigenvalue weighted by Gasteiger charge is -2.09. The zero-order valence-corrected chi connectivity index (χ0v) is 15.6. The van der Waals surface area contributed by atoms with Gasteiger partial charge < -0.3 is 10.1 Å². The number of hydrazone groups is 1. The summed E-state index contributed by atoms with van der Waals surface area (Å²) in [5.74, 6) is 0.441. The minimum Gasteiger partial charge on any atom is -0.490 e. The van der Waals surface area contributed by atoms with Gasteiger partial charge in [-0.3, -0.25) is 0 Å². The normalized spacial score (nSPS) is 10.7. The molecule has 0 spiro atoms. The SMILES string of the molecule is CCCOc1c(Cl)cc(/C=N\NC(=O)Nc2ccc(Cl)cc2)cc1Cl. The first kappa shape index (κ1) is 19.4. The van der Waals surface area contributed by atoms with E-state index in [1.807, 2.05) is 6.92 Å². The molecule has 2 aromatic rings. The van der Waals surface area contributed by atoms with Crippen LogP contribution in [0.5, 0.6) is 5.75 Å². The number of hydrogen-bond acceptors (Lipinski definition) is 3. The molecule has 0 heterocycles. The van der Waals surface area contributed by atoms with Crippen molar-refractivity contribution >= 4 is 52.7 Å². The lowest BCUT2D eigenvalue weighted by molar-refractivity contribution is 0.252. The number of halogens is 3. The Morgan fingerprint density at radius 1 is 1.16 bits per heavy atom. The molecule has 0 radical (unpaired) electrons. The zero-order valence-electron chi connectivity index (χ0n) is 13.4. The summed E-state index contributed by atoms with van der Waals surface area (Å²) in [6, 6.07) is 9.53. The van der Waals surface area contributed by atoms with E-state index in [1.54, 1.807) is 36.4 Å². The maximum Gasteiger partial charge on any atom is 0.339 e. The predicted molar refractivity (Wildman–Crippen MR) is 103 cm³/mol. The monoisotopic (exact) mass is 399 g/mol. The molecule has 0 unspecified atom stereocenters. The van der Waals surface area contributed by atoms with Crippen LogP contribution in [-0.2, 0) is 0 Å². The molecule has 0 aliphatic carbocycles. The summed E-state index contributed by atoms with van der Waals surface area (Å²) in [6.45, 7) is 2.52. The Hall–Kier alpha value is -1.95. The van der Waals surface area contributed by atoms with E-state index in [0.717, 1.165) is 6.42 Å². The fraction of sp³-hybridized carbons (Fsp3) is 0.176. The predicted octanol–water partition coefficient (Wildman–Crippen LogP) is 5.59. The molecule has 25 heavy (non-hydrogen) atoms. The van der Waals surface area contributed by atoms with Gasteiger partial charge in [0.25, 0.3) is 0 Å². The van der Waals surface area contributed by atoms with Crippen molar-refractivity contribution < 1.29 is 9.53 Å². The highest BCUT2D eigenvalue weighted by Crippen LogP contribution is 2.33. The van der Waals surface area contributed by atoms with Crippen molar-refractivity contribution in [2.75, 3.05) is 11.9 Å². The van der Waals surface area contributed by atoms with Gasteiger partial charge in [0.05, 0.1) is 22.9 Å². The molecule has 0 fully saturated rings. The van der Waals surface area contributed by atoms with Crippen molar-refractivity contribution in [3.05, 3.63) is 57.0 Å². The van der Waals surface area contributed by atoms with Gasteiger partial charge in [-0.25, -0.2) is 10.2 Å². The number of anilines is 1. The van der Waals surface area contributed by atoms with E-state index in [-0.39, 0.29) is 0 Å². The highest BCUT2D eigenvalue weighted by Gasteiger charge is 2.09. The molecule has 0 aromatic heterocycles. The summed E-state index contributed by atoms with van der Waals surface area (Å²) in [7, 11) is 0. The molecule has 132 valence electrons. The first-order chi connectivity index (χ1) is 12.0. The van der Waals surface area contributed by atoms with Crippen molar-refractivity contribution in [1.29, 1.82) is 0 Å². The Morgan fingerprint density at radius 2 is 1.80 bits per heavy atom. The Kier molecular flexibility index (Phi) is 7.37. The van der Waals surface area contributed by atoms with Crippen molar-refractivity contribution in [2.24, 2.45) is 5.10 Å². The van der Waals surface area contributed by atoms with Crippen LogP contribution in [0.25, 0.3) is 0 Å². The second-order valence-corrected chi connectivity index (χ2v) is 6.24. The fourth-order valence-corrected chi connectivity index (χ4v) is 2.59. The molecule has 2 N–H and O–H groups in total. The van der Waals surface area contributed by atoms with Crippen LogP contribution in [0.3, 0.4) is 0 Å². The van der Waals surface area contributed by atoms with Crippen molar-refractivity contribution in [2.45, 2.75) is 13.3 Å². The van der Waals surface area contributed by atoms with E-state index in [2.05, 4.69) is 15.8 Å². The molecule has 0 aliphatic heterocycles. The van der Waals surface area contributed by atoms with E-state index in [4.69, 9.17) is 39.5 Å². The van der Waals surface area contributed by atoms with Gasteiger partial charge in [-0.1, -0.05) is 41.7 Å². The second kappa shape index (κ2) is 9.51. The number of carbonyl (C=O) groups excluding carboxylic acids is 1. The van der Waals surface area contributed by atoms with Crippen LogP contribution in [0.2, 0.25) is 15.1 Å². The molecule has 5 nitrogen and oxygen atoms in total. The third-order valence-electron chi connectivity index (χ3n) is 2.95. The van der Waals surface area contributed by atoms with Crippen LogP contribution < -0.4 is 15.5 Å². The maximum absolute atomic E-state index is 11.8. The molecule has 0 saturated heterocycles. The number of benzene rings is 2. The lowest BCUT2D eigenvalue weighted by atomic mass is 10.2. The largest absolute Gasteiger partial charge is 0.490 e. The topological polar surface area (TPSA) is 62.7 Å². The molecule has 0 atom stereocenters. The summed E-state index contributed by atoms with van der Waals surface area (Å²) >= 11 is 18.1. The van der Waals surface area contributed by atoms with Crippen LogP contribution in [-0.4, -0.2) is 18.9 Å². The molecule has 2 aromatic carbocycles. The van der Waals surface area contributed by atoms with Crippen LogP contribution in [0.1, 0.15) is 18.9 Å². The van der Waals surface area contributed by atoms with Crippen LogP contribution in [0.15, 0.2) is 41.5 Å². The molecular weight excluding hydrogens is 385 g/mol. The molecule has 8 heteroatoms. The summed E-state index contributed by atoms with van der Waals surface area (Å²) in [6.07, 6.45) is 2.28. The standard InChI is InChI=1S/C17H16Cl3N3O2/c1-2-7-25-16-14(19)8-11(9-15(16)20)10-21-23-17(24)22-13-5-3-12(18)4-6-13/h3-6,8-10H,2,7H2,1H3,(H2,22,23,24)/b21-10-. The average Bonchev–Trinajstić information content (AvgIpc) is 2.56. The molecule has 0 aliphatic rings.